The molecule has 0 spiro atoms. The van der Waals surface area contributed by atoms with Crippen molar-refractivity contribution in [2.45, 2.75) is 20.8 Å². The van der Waals surface area contributed by atoms with Crippen LogP contribution in [0.25, 0.3) is 0 Å². The number of anilines is 1. The van der Waals surface area contributed by atoms with Gasteiger partial charge in [0.2, 0.25) is 5.91 Å². The summed E-state index contributed by atoms with van der Waals surface area (Å²) in [6.45, 7) is 5.85. The van der Waals surface area contributed by atoms with Crippen molar-refractivity contribution in [3.05, 3.63) is 29.3 Å². The second-order valence-electron chi connectivity index (χ2n) is 5.17. The van der Waals surface area contributed by atoms with Gasteiger partial charge in [0.25, 0.3) is 0 Å². The maximum absolute atomic E-state index is 11.7. The topological polar surface area (TPSA) is 78.4 Å². The molecule has 0 heterocycles. The molecule has 0 aromatic heterocycles. The summed E-state index contributed by atoms with van der Waals surface area (Å²) >= 11 is 0. The standard InChI is InChI=1S/C14H20N2O3/c1-9-5-6-10(12(17)18)11(7-9)16-8-14(2,3)13(19)15-4/h5-7,16H,8H2,1-4H3,(H,15,19)(H,17,18). The highest BCUT2D eigenvalue weighted by Gasteiger charge is 2.26. The Bertz CT molecular complexity index is 495. The number of amides is 1. The van der Waals surface area contributed by atoms with E-state index in [4.69, 9.17) is 5.11 Å². The maximum atomic E-state index is 11.7. The summed E-state index contributed by atoms with van der Waals surface area (Å²) in [4.78, 5) is 22.8. The van der Waals surface area contributed by atoms with E-state index in [-0.39, 0.29) is 11.5 Å². The van der Waals surface area contributed by atoms with Crippen LogP contribution in [0.3, 0.4) is 0 Å². The van der Waals surface area contributed by atoms with Gasteiger partial charge < -0.3 is 15.7 Å². The quantitative estimate of drug-likeness (QED) is 0.758. The number of carboxylic acid groups (broad SMARTS) is 1. The summed E-state index contributed by atoms with van der Waals surface area (Å²) in [6, 6.07) is 5.08. The number of carboxylic acids is 1. The lowest BCUT2D eigenvalue weighted by molar-refractivity contribution is -0.128. The zero-order valence-electron chi connectivity index (χ0n) is 11.7. The summed E-state index contributed by atoms with van der Waals surface area (Å²) in [5.41, 5.74) is 1.09. The van der Waals surface area contributed by atoms with Crippen LogP contribution in [0.5, 0.6) is 0 Å². The highest BCUT2D eigenvalue weighted by molar-refractivity contribution is 5.94. The van der Waals surface area contributed by atoms with Crippen molar-refractivity contribution in [1.29, 1.82) is 0 Å². The summed E-state index contributed by atoms with van der Waals surface area (Å²) in [6.07, 6.45) is 0. The van der Waals surface area contributed by atoms with Crippen molar-refractivity contribution >= 4 is 17.6 Å². The first-order chi connectivity index (χ1) is 8.77. The normalized spacial score (nSPS) is 10.9. The van der Waals surface area contributed by atoms with Crippen molar-refractivity contribution in [2.75, 3.05) is 18.9 Å². The molecule has 0 unspecified atom stereocenters. The van der Waals surface area contributed by atoms with Crippen LogP contribution in [0.4, 0.5) is 5.69 Å². The second kappa shape index (κ2) is 5.73. The Labute approximate surface area is 113 Å². The molecule has 0 atom stereocenters. The first kappa shape index (κ1) is 15.0. The van der Waals surface area contributed by atoms with Crippen LogP contribution in [-0.2, 0) is 4.79 Å². The molecule has 0 aliphatic heterocycles. The number of aryl methyl sites for hydroxylation is 1. The predicted octanol–water partition coefficient (Wildman–Crippen LogP) is 1.88. The smallest absolute Gasteiger partial charge is 0.337 e. The molecule has 5 heteroatoms. The Morgan fingerprint density at radius 3 is 2.47 bits per heavy atom. The predicted molar refractivity (Wildman–Crippen MR) is 74.5 cm³/mol. The maximum Gasteiger partial charge on any atom is 0.337 e. The third-order valence-electron chi connectivity index (χ3n) is 2.97. The number of carbonyl (C=O) groups excluding carboxylic acids is 1. The van der Waals surface area contributed by atoms with Crippen LogP contribution in [0.2, 0.25) is 0 Å². The number of carbonyl (C=O) groups is 2. The molecule has 0 aliphatic carbocycles. The summed E-state index contributed by atoms with van der Waals surface area (Å²) in [5, 5.41) is 14.8. The molecule has 1 aromatic carbocycles. The molecule has 0 saturated heterocycles. The van der Waals surface area contributed by atoms with Crippen LogP contribution < -0.4 is 10.6 Å². The largest absolute Gasteiger partial charge is 0.478 e. The van der Waals surface area contributed by atoms with Crippen LogP contribution in [-0.4, -0.2) is 30.6 Å². The van der Waals surface area contributed by atoms with Gasteiger partial charge in [-0.3, -0.25) is 4.79 Å². The van der Waals surface area contributed by atoms with Crippen molar-refractivity contribution in [3.8, 4) is 0 Å². The molecule has 0 bridgehead atoms. The minimum absolute atomic E-state index is 0.0930. The molecule has 0 aliphatic rings. The molecular formula is C14H20N2O3. The molecule has 5 nitrogen and oxygen atoms in total. The van der Waals surface area contributed by atoms with Crippen LogP contribution in [0, 0.1) is 12.3 Å². The third kappa shape index (κ3) is 3.71. The van der Waals surface area contributed by atoms with Gasteiger partial charge in [0, 0.05) is 19.3 Å². The molecule has 1 amide bonds. The Morgan fingerprint density at radius 1 is 1.32 bits per heavy atom. The Balaban J connectivity index is 2.91. The van der Waals surface area contributed by atoms with E-state index in [0.717, 1.165) is 5.56 Å². The second-order valence-corrected chi connectivity index (χ2v) is 5.17. The van der Waals surface area contributed by atoms with Gasteiger partial charge in [-0.05, 0) is 38.5 Å². The van der Waals surface area contributed by atoms with E-state index in [1.807, 2.05) is 6.92 Å². The fourth-order valence-corrected chi connectivity index (χ4v) is 1.73. The average Bonchev–Trinajstić information content (AvgIpc) is 2.35. The minimum Gasteiger partial charge on any atom is -0.478 e. The summed E-state index contributed by atoms with van der Waals surface area (Å²) in [7, 11) is 1.58. The first-order valence-electron chi connectivity index (χ1n) is 6.08. The van der Waals surface area contributed by atoms with E-state index >= 15 is 0 Å². The molecular weight excluding hydrogens is 244 g/mol. The molecule has 19 heavy (non-hydrogen) atoms. The van der Waals surface area contributed by atoms with Gasteiger partial charge in [-0.15, -0.1) is 0 Å². The van der Waals surface area contributed by atoms with Crippen LogP contribution >= 0.6 is 0 Å². The highest BCUT2D eigenvalue weighted by Crippen LogP contribution is 2.21. The van der Waals surface area contributed by atoms with Crippen molar-refractivity contribution in [3.63, 3.8) is 0 Å². The van der Waals surface area contributed by atoms with Gasteiger partial charge in [-0.2, -0.15) is 0 Å². The molecule has 3 N–H and O–H groups in total. The number of benzene rings is 1. The van der Waals surface area contributed by atoms with E-state index in [1.165, 1.54) is 0 Å². The Hall–Kier alpha value is -2.04. The monoisotopic (exact) mass is 264 g/mol. The molecule has 1 aromatic rings. The van der Waals surface area contributed by atoms with Gasteiger partial charge in [0.1, 0.15) is 0 Å². The Morgan fingerprint density at radius 2 is 1.95 bits per heavy atom. The lowest BCUT2D eigenvalue weighted by Crippen LogP contribution is -2.39. The molecule has 0 saturated carbocycles. The highest BCUT2D eigenvalue weighted by atomic mass is 16.4. The van der Waals surface area contributed by atoms with Gasteiger partial charge in [-0.25, -0.2) is 4.79 Å². The van der Waals surface area contributed by atoms with Crippen molar-refractivity contribution in [1.82, 2.24) is 5.32 Å². The molecule has 1 rings (SSSR count). The van der Waals surface area contributed by atoms with Gasteiger partial charge in [0.15, 0.2) is 0 Å². The van der Waals surface area contributed by atoms with Crippen LogP contribution in [0.15, 0.2) is 18.2 Å². The first-order valence-corrected chi connectivity index (χ1v) is 6.08. The molecule has 104 valence electrons. The van der Waals surface area contributed by atoms with Crippen LogP contribution in [0.1, 0.15) is 29.8 Å². The number of aromatic carboxylic acids is 1. The zero-order chi connectivity index (χ0) is 14.6. The number of hydrogen-bond acceptors (Lipinski definition) is 3. The van der Waals surface area contributed by atoms with E-state index in [9.17, 15) is 9.59 Å². The fraction of sp³-hybridized carbons (Fsp3) is 0.429. The van der Waals surface area contributed by atoms with Crippen molar-refractivity contribution < 1.29 is 14.7 Å². The van der Waals surface area contributed by atoms with E-state index in [2.05, 4.69) is 10.6 Å². The molecule has 0 fully saturated rings. The van der Waals surface area contributed by atoms with Gasteiger partial charge in [-0.1, -0.05) is 6.07 Å². The molecule has 0 radical (unpaired) electrons. The average molecular weight is 264 g/mol. The van der Waals surface area contributed by atoms with E-state index in [0.29, 0.717) is 12.2 Å². The SMILES string of the molecule is CNC(=O)C(C)(C)CNc1cc(C)ccc1C(=O)O. The lowest BCUT2D eigenvalue weighted by Gasteiger charge is -2.24. The van der Waals surface area contributed by atoms with Gasteiger partial charge in [0.05, 0.1) is 11.0 Å². The Kier molecular flexibility index (Phi) is 4.53. The number of nitrogens with one attached hydrogen (secondary N) is 2. The minimum atomic E-state index is -0.986. The third-order valence-corrected chi connectivity index (χ3v) is 2.97. The lowest BCUT2D eigenvalue weighted by atomic mass is 9.92. The van der Waals surface area contributed by atoms with Crippen molar-refractivity contribution in [2.24, 2.45) is 5.41 Å². The number of rotatable bonds is 5. The summed E-state index contributed by atoms with van der Waals surface area (Å²) in [5.74, 6) is -1.08. The number of hydrogen-bond donors (Lipinski definition) is 3. The fourth-order valence-electron chi connectivity index (χ4n) is 1.73. The summed E-state index contributed by atoms with van der Waals surface area (Å²) < 4.78 is 0. The van der Waals surface area contributed by atoms with Gasteiger partial charge >= 0.3 is 5.97 Å². The van der Waals surface area contributed by atoms with E-state index < -0.39 is 11.4 Å². The zero-order valence-corrected chi connectivity index (χ0v) is 11.7. The van der Waals surface area contributed by atoms with E-state index in [1.54, 1.807) is 39.1 Å².